The van der Waals surface area contributed by atoms with E-state index in [1.165, 1.54) is 0 Å². The molecule has 1 atom stereocenters. The summed E-state index contributed by atoms with van der Waals surface area (Å²) in [5.41, 5.74) is 1.97. The Morgan fingerprint density at radius 1 is 1.05 bits per heavy atom. The summed E-state index contributed by atoms with van der Waals surface area (Å²) in [7, 11) is 0. The van der Waals surface area contributed by atoms with Crippen molar-refractivity contribution in [3.63, 3.8) is 0 Å². The second kappa shape index (κ2) is 5.28. The van der Waals surface area contributed by atoms with E-state index in [9.17, 15) is 9.59 Å². The normalized spacial score (nSPS) is 17.7. The van der Waals surface area contributed by atoms with Gasteiger partial charge in [0.1, 0.15) is 5.75 Å². The van der Waals surface area contributed by atoms with Crippen molar-refractivity contribution < 1.29 is 14.3 Å². The van der Waals surface area contributed by atoms with E-state index in [1.54, 1.807) is 30.3 Å². The van der Waals surface area contributed by atoms with E-state index in [0.717, 1.165) is 5.56 Å². The molecule has 0 saturated heterocycles. The molecule has 0 spiro atoms. The highest BCUT2D eigenvalue weighted by Gasteiger charge is 2.36. The lowest BCUT2D eigenvalue weighted by atomic mass is 10.0. The molecule has 1 aliphatic heterocycles. The Morgan fingerprint density at radius 2 is 1.86 bits per heavy atom. The van der Waals surface area contributed by atoms with Crippen molar-refractivity contribution >= 4 is 17.4 Å². The standard InChI is InChI=1S/C16H12N2O3/c1-10-5-4-6-11(9-10)17-18-14-15(19)12-7-2-3-8-13(12)21-16(14)20/h2-9,14H,1H3. The van der Waals surface area contributed by atoms with E-state index < -0.39 is 17.8 Å². The number of fused-ring (bicyclic) bond motifs is 1. The lowest BCUT2D eigenvalue weighted by Gasteiger charge is -2.18. The first-order valence-electron chi connectivity index (χ1n) is 6.47. The van der Waals surface area contributed by atoms with Gasteiger partial charge in [0.05, 0.1) is 11.3 Å². The molecule has 5 nitrogen and oxygen atoms in total. The quantitative estimate of drug-likeness (QED) is 0.367. The minimum absolute atomic E-state index is 0.273. The average Bonchev–Trinajstić information content (AvgIpc) is 2.47. The molecular formula is C16H12N2O3. The largest absolute Gasteiger partial charge is 0.424 e. The van der Waals surface area contributed by atoms with Gasteiger partial charge in [-0.3, -0.25) is 4.79 Å². The topological polar surface area (TPSA) is 68.1 Å². The number of hydrogen-bond donors (Lipinski definition) is 0. The zero-order chi connectivity index (χ0) is 14.8. The van der Waals surface area contributed by atoms with E-state index in [0.29, 0.717) is 11.3 Å². The Bertz CT molecular complexity index is 753. The monoisotopic (exact) mass is 280 g/mol. The molecule has 2 aromatic carbocycles. The number of carbonyl (C=O) groups excluding carboxylic acids is 2. The van der Waals surface area contributed by atoms with Crippen molar-refractivity contribution in [2.24, 2.45) is 10.2 Å². The number of benzene rings is 2. The number of hydrogen-bond acceptors (Lipinski definition) is 5. The van der Waals surface area contributed by atoms with Gasteiger partial charge in [-0.1, -0.05) is 24.3 Å². The maximum Gasteiger partial charge on any atom is 0.346 e. The zero-order valence-corrected chi connectivity index (χ0v) is 11.3. The molecule has 104 valence electrons. The summed E-state index contributed by atoms with van der Waals surface area (Å²) in [4.78, 5) is 24.1. The number of esters is 1. The van der Waals surface area contributed by atoms with Gasteiger partial charge in [0.15, 0.2) is 0 Å². The SMILES string of the molecule is Cc1cccc(N=NC2C(=O)Oc3ccccc3C2=O)c1. The fourth-order valence-corrected chi connectivity index (χ4v) is 2.09. The van der Waals surface area contributed by atoms with E-state index >= 15 is 0 Å². The van der Waals surface area contributed by atoms with Gasteiger partial charge in [0, 0.05) is 0 Å². The molecular weight excluding hydrogens is 268 g/mol. The van der Waals surface area contributed by atoms with Crippen molar-refractivity contribution in [1.29, 1.82) is 0 Å². The molecule has 2 aromatic rings. The number of ketones is 1. The summed E-state index contributed by atoms with van der Waals surface area (Å²) in [5, 5.41) is 7.82. The summed E-state index contributed by atoms with van der Waals surface area (Å²) < 4.78 is 5.11. The van der Waals surface area contributed by atoms with Crippen molar-refractivity contribution in [1.82, 2.24) is 0 Å². The van der Waals surface area contributed by atoms with Crippen molar-refractivity contribution in [2.45, 2.75) is 13.0 Å². The molecule has 1 aliphatic rings. The molecule has 0 bridgehead atoms. The summed E-state index contributed by atoms with van der Waals surface area (Å²) in [6.07, 6.45) is 0. The van der Waals surface area contributed by atoms with Gasteiger partial charge in [-0.15, -0.1) is 0 Å². The zero-order valence-electron chi connectivity index (χ0n) is 11.3. The minimum atomic E-state index is -1.24. The van der Waals surface area contributed by atoms with Gasteiger partial charge in [-0.25, -0.2) is 4.79 Å². The number of aryl methyl sites for hydroxylation is 1. The number of nitrogens with zero attached hydrogens (tertiary/aromatic N) is 2. The predicted octanol–water partition coefficient (Wildman–Crippen LogP) is 3.25. The number of para-hydroxylation sites is 1. The van der Waals surface area contributed by atoms with Gasteiger partial charge in [-0.05, 0) is 36.8 Å². The number of azo groups is 1. The Labute approximate surface area is 121 Å². The van der Waals surface area contributed by atoms with Crippen LogP contribution in [0.15, 0.2) is 58.8 Å². The third-order valence-corrected chi connectivity index (χ3v) is 3.13. The van der Waals surface area contributed by atoms with Gasteiger partial charge in [0.2, 0.25) is 11.8 Å². The number of rotatable bonds is 2. The van der Waals surface area contributed by atoms with Gasteiger partial charge in [0.25, 0.3) is 0 Å². The van der Waals surface area contributed by atoms with Crippen LogP contribution in [-0.2, 0) is 4.79 Å². The molecule has 0 fully saturated rings. The maximum atomic E-state index is 12.3. The fraction of sp³-hybridized carbons (Fsp3) is 0.125. The van der Waals surface area contributed by atoms with Crippen LogP contribution in [0.25, 0.3) is 0 Å². The third-order valence-electron chi connectivity index (χ3n) is 3.13. The van der Waals surface area contributed by atoms with E-state index in [4.69, 9.17) is 4.74 Å². The van der Waals surface area contributed by atoms with E-state index in [1.807, 2.05) is 25.1 Å². The molecule has 0 amide bonds. The van der Waals surface area contributed by atoms with Crippen LogP contribution in [0.2, 0.25) is 0 Å². The average molecular weight is 280 g/mol. The summed E-state index contributed by atoms with van der Waals surface area (Å²) in [6.45, 7) is 1.93. The molecule has 0 aromatic heterocycles. The van der Waals surface area contributed by atoms with Gasteiger partial charge >= 0.3 is 5.97 Å². The van der Waals surface area contributed by atoms with Crippen molar-refractivity contribution in [2.75, 3.05) is 0 Å². The highest BCUT2D eigenvalue weighted by molar-refractivity contribution is 6.16. The van der Waals surface area contributed by atoms with Crippen LogP contribution in [0.1, 0.15) is 15.9 Å². The third kappa shape index (κ3) is 2.58. The number of carbonyl (C=O) groups is 2. The maximum absolute atomic E-state index is 12.3. The lowest BCUT2D eigenvalue weighted by Crippen LogP contribution is -2.36. The smallest absolute Gasteiger partial charge is 0.346 e. The molecule has 3 rings (SSSR count). The van der Waals surface area contributed by atoms with E-state index in [-0.39, 0.29) is 5.75 Å². The molecule has 0 saturated carbocycles. The fourth-order valence-electron chi connectivity index (χ4n) is 2.09. The van der Waals surface area contributed by atoms with Crippen LogP contribution in [0.4, 0.5) is 5.69 Å². The molecule has 1 unspecified atom stereocenters. The van der Waals surface area contributed by atoms with Gasteiger partial charge < -0.3 is 4.74 Å². The lowest BCUT2D eigenvalue weighted by molar-refractivity contribution is -0.135. The number of ether oxygens (including phenoxy) is 1. The molecule has 0 N–H and O–H groups in total. The number of Topliss-reactive ketones (excluding diaryl/α,β-unsaturated/α-hetero) is 1. The highest BCUT2D eigenvalue weighted by Crippen LogP contribution is 2.26. The van der Waals surface area contributed by atoms with Crippen LogP contribution in [0.3, 0.4) is 0 Å². The molecule has 5 heteroatoms. The van der Waals surface area contributed by atoms with Gasteiger partial charge in [-0.2, -0.15) is 10.2 Å². The summed E-state index contributed by atoms with van der Waals surface area (Å²) in [5.74, 6) is -0.817. The minimum Gasteiger partial charge on any atom is -0.424 e. The molecule has 1 heterocycles. The first-order chi connectivity index (χ1) is 10.1. The molecule has 0 radical (unpaired) electrons. The molecule has 21 heavy (non-hydrogen) atoms. The molecule has 0 aliphatic carbocycles. The van der Waals surface area contributed by atoms with Crippen molar-refractivity contribution in [3.05, 3.63) is 59.7 Å². The first kappa shape index (κ1) is 13.2. The van der Waals surface area contributed by atoms with Crippen LogP contribution in [0.5, 0.6) is 5.75 Å². The predicted molar refractivity (Wildman–Crippen MR) is 75.9 cm³/mol. The first-order valence-corrected chi connectivity index (χ1v) is 6.47. The Balaban J connectivity index is 1.89. The Kier molecular flexibility index (Phi) is 3.31. The highest BCUT2D eigenvalue weighted by atomic mass is 16.5. The second-order valence-electron chi connectivity index (χ2n) is 4.74. The van der Waals surface area contributed by atoms with Crippen LogP contribution < -0.4 is 4.74 Å². The van der Waals surface area contributed by atoms with Crippen LogP contribution in [0, 0.1) is 6.92 Å². The van der Waals surface area contributed by atoms with Crippen LogP contribution in [-0.4, -0.2) is 17.8 Å². The van der Waals surface area contributed by atoms with E-state index in [2.05, 4.69) is 10.2 Å². The second-order valence-corrected chi connectivity index (χ2v) is 4.74. The Morgan fingerprint density at radius 3 is 2.67 bits per heavy atom. The summed E-state index contributed by atoms with van der Waals surface area (Å²) in [6, 6.07) is 12.7. The summed E-state index contributed by atoms with van der Waals surface area (Å²) >= 11 is 0. The Hall–Kier alpha value is -2.82. The van der Waals surface area contributed by atoms with Crippen molar-refractivity contribution in [3.8, 4) is 5.75 Å². The van der Waals surface area contributed by atoms with Crippen LogP contribution >= 0.6 is 0 Å².